The first kappa shape index (κ1) is 64.2. The van der Waals surface area contributed by atoms with Crippen molar-refractivity contribution in [2.45, 2.75) is 219 Å². The van der Waals surface area contributed by atoms with Gasteiger partial charge >= 0.3 is 11.9 Å². The highest BCUT2D eigenvalue weighted by Gasteiger charge is 2.21. The van der Waals surface area contributed by atoms with Gasteiger partial charge in [-0.3, -0.25) is 14.2 Å². The van der Waals surface area contributed by atoms with Crippen LogP contribution in [0.1, 0.15) is 213 Å². The zero-order chi connectivity index (χ0) is 49.2. The summed E-state index contributed by atoms with van der Waals surface area (Å²) in [6, 6.07) is 0. The fraction of sp³-hybridized carbons (Fsp3) is 0.719. The Morgan fingerprint density at radius 1 is 0.478 bits per heavy atom. The Hall–Kier alpha value is -2.81. The molecule has 2 unspecified atom stereocenters. The number of nitrogens with zero attached hydrogens (tertiary/aromatic N) is 1. The van der Waals surface area contributed by atoms with Crippen molar-refractivity contribution in [3.05, 3.63) is 85.1 Å². The molecule has 0 spiro atoms. The van der Waals surface area contributed by atoms with Crippen molar-refractivity contribution in [2.24, 2.45) is 0 Å². The molecule has 0 N–H and O–H groups in total. The van der Waals surface area contributed by atoms with Crippen molar-refractivity contribution < 1.29 is 42.1 Å². The smallest absolute Gasteiger partial charge is 0.306 e. The molecule has 0 heterocycles. The zero-order valence-electron chi connectivity index (χ0n) is 43.6. The third kappa shape index (κ3) is 52.4. The fourth-order valence-corrected chi connectivity index (χ4v) is 7.73. The van der Waals surface area contributed by atoms with Crippen LogP contribution in [0.25, 0.3) is 0 Å². The van der Waals surface area contributed by atoms with Crippen LogP contribution in [0.15, 0.2) is 85.1 Å². The standard InChI is InChI=1S/C57H100NO8P/c1-6-8-10-12-14-16-18-20-22-23-24-25-26-27-28-29-30-31-32-33-34-35-36-38-40-42-44-46-48-50-57(60)66-55(54-65-67(61,62)64-52-51-58(3,4)5)53-63-56(59)49-47-45-43-41-39-37-21-19-17-15-13-11-9-7-2/h8,10,14,16,19-22,24-25,27-28,30-31,55H,6-7,9,11-13,15,17-18,23,26,29,32-54H2,1-5H3/b10-8-,16-14-,21-19-,22-20-,25-24-,28-27-,31-30-. The number of hydrogen-bond donors (Lipinski definition) is 0. The lowest BCUT2D eigenvalue weighted by Crippen LogP contribution is -2.37. The number of allylic oxidation sites excluding steroid dienone is 14. The number of carbonyl (C=O) groups is 2. The molecule has 0 aliphatic rings. The molecule has 0 aromatic carbocycles. The normalized spacial score (nSPS) is 14.1. The van der Waals surface area contributed by atoms with Crippen LogP contribution in [0, 0.1) is 0 Å². The average molecular weight is 958 g/mol. The molecule has 0 bridgehead atoms. The van der Waals surface area contributed by atoms with E-state index in [1.165, 1.54) is 77.0 Å². The first-order valence-electron chi connectivity index (χ1n) is 26.8. The Bertz CT molecular complexity index is 1410. The summed E-state index contributed by atoms with van der Waals surface area (Å²) >= 11 is 0. The van der Waals surface area contributed by atoms with Crippen LogP contribution in [0.4, 0.5) is 0 Å². The minimum atomic E-state index is -4.64. The van der Waals surface area contributed by atoms with Crippen molar-refractivity contribution in [3.63, 3.8) is 0 Å². The molecule has 0 aromatic heterocycles. The predicted octanol–water partition coefficient (Wildman–Crippen LogP) is 15.7. The lowest BCUT2D eigenvalue weighted by atomic mass is 10.0. The summed E-state index contributed by atoms with van der Waals surface area (Å²) in [5, 5.41) is 0. The Labute approximate surface area is 411 Å². The number of phosphoric acid groups is 1. The molecule has 0 radical (unpaired) electrons. The van der Waals surface area contributed by atoms with Gasteiger partial charge in [0.1, 0.15) is 19.8 Å². The van der Waals surface area contributed by atoms with Crippen LogP contribution < -0.4 is 4.89 Å². The molecule has 0 amide bonds. The summed E-state index contributed by atoms with van der Waals surface area (Å²) in [6.45, 7) is 4.09. The van der Waals surface area contributed by atoms with Crippen molar-refractivity contribution in [2.75, 3.05) is 47.5 Å². The van der Waals surface area contributed by atoms with Crippen LogP contribution in [-0.2, 0) is 32.7 Å². The summed E-state index contributed by atoms with van der Waals surface area (Å²) in [5.41, 5.74) is 0. The molecule has 0 rings (SSSR count). The molecule has 10 heteroatoms. The van der Waals surface area contributed by atoms with E-state index in [1.807, 2.05) is 21.1 Å². The Balaban J connectivity index is 4.20. The van der Waals surface area contributed by atoms with Gasteiger partial charge in [0.15, 0.2) is 6.10 Å². The number of quaternary nitrogens is 1. The van der Waals surface area contributed by atoms with Crippen molar-refractivity contribution in [1.82, 2.24) is 0 Å². The molecule has 0 saturated heterocycles. The van der Waals surface area contributed by atoms with Gasteiger partial charge in [0.25, 0.3) is 7.82 Å². The summed E-state index contributed by atoms with van der Waals surface area (Å²) in [5.74, 6) is -0.851. The van der Waals surface area contributed by atoms with Gasteiger partial charge in [-0.2, -0.15) is 0 Å². The number of rotatable bonds is 48. The summed E-state index contributed by atoms with van der Waals surface area (Å²) in [7, 11) is 1.15. The van der Waals surface area contributed by atoms with E-state index in [0.717, 1.165) is 103 Å². The molecule has 386 valence electrons. The van der Waals surface area contributed by atoms with E-state index in [2.05, 4.69) is 98.9 Å². The number of esters is 2. The maximum absolute atomic E-state index is 12.8. The van der Waals surface area contributed by atoms with E-state index in [-0.39, 0.29) is 26.1 Å². The molecular weight excluding hydrogens is 858 g/mol. The van der Waals surface area contributed by atoms with Gasteiger partial charge < -0.3 is 27.9 Å². The second-order valence-electron chi connectivity index (χ2n) is 18.9. The quantitative estimate of drug-likeness (QED) is 0.0195. The van der Waals surface area contributed by atoms with E-state index < -0.39 is 32.5 Å². The van der Waals surface area contributed by atoms with E-state index in [4.69, 9.17) is 18.5 Å². The van der Waals surface area contributed by atoms with Gasteiger partial charge in [-0.25, -0.2) is 0 Å². The third-order valence-corrected chi connectivity index (χ3v) is 12.1. The predicted molar refractivity (Wildman–Crippen MR) is 282 cm³/mol. The number of likely N-dealkylation sites (N-methyl/N-ethyl adjacent to an activating group) is 1. The number of ether oxygens (including phenoxy) is 2. The lowest BCUT2D eigenvalue weighted by molar-refractivity contribution is -0.870. The largest absolute Gasteiger partial charge is 0.756 e. The maximum Gasteiger partial charge on any atom is 0.306 e. The highest BCUT2D eigenvalue weighted by molar-refractivity contribution is 7.45. The maximum atomic E-state index is 12.8. The number of hydrogen-bond acceptors (Lipinski definition) is 8. The summed E-state index contributed by atoms with van der Waals surface area (Å²) in [4.78, 5) is 37.7. The molecule has 0 fully saturated rings. The second kappa shape index (κ2) is 48.2. The molecule has 2 atom stereocenters. The Morgan fingerprint density at radius 3 is 1.28 bits per heavy atom. The molecule has 9 nitrogen and oxygen atoms in total. The molecule has 67 heavy (non-hydrogen) atoms. The van der Waals surface area contributed by atoms with Gasteiger partial charge in [0, 0.05) is 12.8 Å². The van der Waals surface area contributed by atoms with Crippen LogP contribution in [-0.4, -0.2) is 70.0 Å². The van der Waals surface area contributed by atoms with Gasteiger partial charge in [0.2, 0.25) is 0 Å². The van der Waals surface area contributed by atoms with E-state index in [9.17, 15) is 19.0 Å². The van der Waals surface area contributed by atoms with Crippen molar-refractivity contribution >= 4 is 19.8 Å². The third-order valence-electron chi connectivity index (χ3n) is 11.1. The average Bonchev–Trinajstić information content (AvgIpc) is 3.29. The van der Waals surface area contributed by atoms with E-state index in [1.54, 1.807) is 0 Å². The number of carbonyl (C=O) groups excluding carboxylic acids is 2. The van der Waals surface area contributed by atoms with Gasteiger partial charge in [-0.05, 0) is 89.9 Å². The van der Waals surface area contributed by atoms with Crippen LogP contribution >= 0.6 is 7.82 Å². The van der Waals surface area contributed by atoms with Crippen LogP contribution in [0.3, 0.4) is 0 Å². The molecule has 0 aliphatic heterocycles. The van der Waals surface area contributed by atoms with Crippen LogP contribution in [0.2, 0.25) is 0 Å². The zero-order valence-corrected chi connectivity index (χ0v) is 44.5. The number of unbranched alkanes of at least 4 members (excludes halogenated alkanes) is 20. The topological polar surface area (TPSA) is 111 Å². The minimum Gasteiger partial charge on any atom is -0.756 e. The van der Waals surface area contributed by atoms with E-state index in [0.29, 0.717) is 17.4 Å². The van der Waals surface area contributed by atoms with Crippen molar-refractivity contribution in [1.29, 1.82) is 0 Å². The fourth-order valence-electron chi connectivity index (χ4n) is 7.01. The highest BCUT2D eigenvalue weighted by atomic mass is 31.2. The Morgan fingerprint density at radius 2 is 0.851 bits per heavy atom. The van der Waals surface area contributed by atoms with Crippen LogP contribution in [0.5, 0.6) is 0 Å². The minimum absolute atomic E-state index is 0.0364. The van der Waals surface area contributed by atoms with Gasteiger partial charge in [-0.15, -0.1) is 0 Å². The van der Waals surface area contributed by atoms with Gasteiger partial charge in [-0.1, -0.05) is 195 Å². The molecule has 0 aliphatic carbocycles. The first-order valence-corrected chi connectivity index (χ1v) is 28.3. The molecule has 0 saturated carbocycles. The summed E-state index contributed by atoms with van der Waals surface area (Å²) < 4.78 is 34.0. The second-order valence-corrected chi connectivity index (χ2v) is 20.3. The van der Waals surface area contributed by atoms with E-state index >= 15 is 0 Å². The SMILES string of the molecule is CC/C=C\C/C=C\C/C=C\C/C=C\C/C=C\C/C=C\CCCCCCCCCCCCC(=O)OC(COC(=O)CCCCCCC/C=C\CCCCCCC)COP(=O)([O-])OCC[N+](C)(C)C. The molecular formula is C57H100NO8P. The summed E-state index contributed by atoms with van der Waals surface area (Å²) in [6.07, 6.45) is 63.3. The monoisotopic (exact) mass is 958 g/mol. The Kier molecular flexibility index (Phi) is 46.2. The highest BCUT2D eigenvalue weighted by Crippen LogP contribution is 2.38. The first-order chi connectivity index (χ1) is 32.5. The van der Waals surface area contributed by atoms with Crippen molar-refractivity contribution in [3.8, 4) is 0 Å². The van der Waals surface area contributed by atoms with Gasteiger partial charge in [0.05, 0.1) is 27.7 Å². The lowest BCUT2D eigenvalue weighted by Gasteiger charge is -2.28. The number of phosphoric ester groups is 1. The molecule has 0 aromatic rings.